The fraction of sp³-hybridized carbons (Fsp3) is 0.720. The molecule has 0 bridgehead atoms. The molecule has 8 nitrogen and oxygen atoms in total. The van der Waals surface area contributed by atoms with Crippen molar-refractivity contribution in [3.05, 3.63) is 17.8 Å². The number of pyridine rings is 1. The normalized spacial score (nSPS) is 18.8. The number of carbonyl (C=O) groups excluding carboxylic acids is 1. The van der Waals surface area contributed by atoms with Gasteiger partial charge in [0.25, 0.3) is 5.91 Å². The molecule has 0 atom stereocenters. The number of aryl methyl sites for hydroxylation is 1. The Kier molecular flexibility index (Phi) is 8.20. The van der Waals surface area contributed by atoms with E-state index in [4.69, 9.17) is 4.74 Å². The Morgan fingerprint density at radius 1 is 1.06 bits per heavy atom. The Morgan fingerprint density at radius 3 is 2.39 bits per heavy atom. The highest BCUT2D eigenvalue weighted by Crippen LogP contribution is 2.22. The Hall–Kier alpha value is -2.19. The number of nitrogens with zero attached hydrogens (tertiary/aromatic N) is 5. The smallest absolute Gasteiger partial charge is 0.272 e. The molecule has 0 aromatic carbocycles. The summed E-state index contributed by atoms with van der Waals surface area (Å²) in [5.41, 5.74) is 1.12. The van der Waals surface area contributed by atoms with Crippen LogP contribution in [0, 0.1) is 0 Å². The van der Waals surface area contributed by atoms with Gasteiger partial charge in [-0.3, -0.25) is 4.79 Å². The van der Waals surface area contributed by atoms with E-state index in [0.29, 0.717) is 17.2 Å². The number of hydrogen-bond acceptors (Lipinski definition) is 6. The minimum absolute atomic E-state index is 0.108. The van der Waals surface area contributed by atoms with Crippen LogP contribution in [0.25, 0.3) is 11.0 Å². The second-order valence-electron chi connectivity index (χ2n) is 9.54. The maximum atomic E-state index is 13.0. The zero-order valence-corrected chi connectivity index (χ0v) is 20.6. The van der Waals surface area contributed by atoms with Gasteiger partial charge in [-0.05, 0) is 57.7 Å². The molecule has 0 aliphatic carbocycles. The predicted molar refractivity (Wildman–Crippen MR) is 131 cm³/mol. The van der Waals surface area contributed by atoms with Gasteiger partial charge in [-0.1, -0.05) is 20.3 Å². The average molecular weight is 457 g/mol. The van der Waals surface area contributed by atoms with Gasteiger partial charge in [0.05, 0.1) is 11.5 Å². The van der Waals surface area contributed by atoms with Crippen LogP contribution >= 0.6 is 0 Å². The van der Waals surface area contributed by atoms with Crippen molar-refractivity contribution in [3.8, 4) is 5.88 Å². The van der Waals surface area contributed by atoms with Gasteiger partial charge < -0.3 is 19.9 Å². The number of aromatic nitrogens is 3. The molecule has 0 saturated carbocycles. The quantitative estimate of drug-likeness (QED) is 0.625. The lowest BCUT2D eigenvalue weighted by Crippen LogP contribution is -2.47. The molecule has 2 aromatic rings. The van der Waals surface area contributed by atoms with Gasteiger partial charge >= 0.3 is 0 Å². The Morgan fingerprint density at radius 2 is 1.73 bits per heavy atom. The van der Waals surface area contributed by atoms with E-state index in [1.807, 2.05) is 19.2 Å². The molecule has 0 radical (unpaired) electrons. The van der Waals surface area contributed by atoms with Crippen LogP contribution in [0.15, 0.2) is 12.1 Å². The second kappa shape index (κ2) is 11.3. The third kappa shape index (κ3) is 6.03. The van der Waals surface area contributed by atoms with Crippen LogP contribution < -0.4 is 10.1 Å². The molecule has 2 aliphatic heterocycles. The first-order valence-electron chi connectivity index (χ1n) is 12.8. The molecule has 1 N–H and O–H groups in total. The van der Waals surface area contributed by atoms with Crippen LogP contribution in [0.2, 0.25) is 0 Å². The summed E-state index contributed by atoms with van der Waals surface area (Å²) < 4.78 is 7.65. The van der Waals surface area contributed by atoms with E-state index in [2.05, 4.69) is 39.0 Å². The van der Waals surface area contributed by atoms with E-state index < -0.39 is 0 Å². The molecular weight excluding hydrogens is 416 g/mol. The summed E-state index contributed by atoms with van der Waals surface area (Å²) >= 11 is 0. The lowest BCUT2D eigenvalue weighted by molar-refractivity contribution is 0.0901. The summed E-state index contributed by atoms with van der Waals surface area (Å²) in [6, 6.07) is 3.96. The summed E-state index contributed by atoms with van der Waals surface area (Å²) in [6.45, 7) is 11.1. The lowest BCUT2D eigenvalue weighted by atomic mass is 10.0. The molecule has 4 rings (SSSR count). The van der Waals surface area contributed by atoms with Crippen molar-refractivity contribution in [3.63, 3.8) is 0 Å². The van der Waals surface area contributed by atoms with Gasteiger partial charge in [0.1, 0.15) is 0 Å². The Balaban J connectivity index is 1.30. The molecule has 2 fully saturated rings. The van der Waals surface area contributed by atoms with Crippen molar-refractivity contribution in [1.29, 1.82) is 0 Å². The van der Waals surface area contributed by atoms with Crippen LogP contribution in [-0.2, 0) is 7.05 Å². The molecule has 2 aliphatic rings. The van der Waals surface area contributed by atoms with Crippen molar-refractivity contribution in [2.75, 3.05) is 39.3 Å². The summed E-state index contributed by atoms with van der Waals surface area (Å²) in [5, 5.41) is 8.47. The fourth-order valence-corrected chi connectivity index (χ4v) is 4.99. The van der Waals surface area contributed by atoms with Gasteiger partial charge in [-0.25, -0.2) is 4.68 Å². The van der Waals surface area contributed by atoms with Gasteiger partial charge in [-0.2, -0.15) is 10.1 Å². The molecule has 8 heteroatoms. The number of fused-ring (bicyclic) bond motifs is 1. The van der Waals surface area contributed by atoms with Crippen molar-refractivity contribution in [2.45, 2.75) is 70.9 Å². The molecule has 182 valence electrons. The number of hydrogen-bond donors (Lipinski definition) is 1. The summed E-state index contributed by atoms with van der Waals surface area (Å²) in [7, 11) is 1.83. The van der Waals surface area contributed by atoms with Crippen molar-refractivity contribution in [1.82, 2.24) is 29.9 Å². The SMILES string of the molecule is CCC(CC)Oc1ccc2c(C(=O)NC3CCN(CCN4CCCCC4)CC3)nn(C)c2n1. The number of rotatable bonds is 9. The van der Waals surface area contributed by atoms with Crippen molar-refractivity contribution in [2.24, 2.45) is 7.05 Å². The maximum absolute atomic E-state index is 13.0. The topological polar surface area (TPSA) is 75.5 Å². The molecule has 0 unspecified atom stereocenters. The van der Waals surface area contributed by atoms with Gasteiger partial charge in [0, 0.05) is 45.3 Å². The first-order valence-corrected chi connectivity index (χ1v) is 12.8. The number of likely N-dealkylation sites (tertiary alicyclic amines) is 2. The van der Waals surface area contributed by atoms with E-state index in [9.17, 15) is 4.79 Å². The summed E-state index contributed by atoms with van der Waals surface area (Å²) in [5.74, 6) is 0.478. The van der Waals surface area contributed by atoms with Crippen molar-refractivity contribution < 1.29 is 9.53 Å². The van der Waals surface area contributed by atoms with Gasteiger partial charge in [0.15, 0.2) is 11.3 Å². The van der Waals surface area contributed by atoms with Crippen LogP contribution in [-0.4, -0.2) is 81.9 Å². The molecule has 4 heterocycles. The molecule has 1 amide bonds. The third-order valence-corrected chi connectivity index (χ3v) is 7.18. The number of piperidine rings is 2. The van der Waals surface area contributed by atoms with E-state index in [1.54, 1.807) is 4.68 Å². The third-order valence-electron chi connectivity index (χ3n) is 7.18. The molecular formula is C25H40N6O2. The van der Waals surface area contributed by atoms with Gasteiger partial charge in [0.2, 0.25) is 5.88 Å². The fourth-order valence-electron chi connectivity index (χ4n) is 4.99. The van der Waals surface area contributed by atoms with Crippen LogP contribution in [0.5, 0.6) is 5.88 Å². The zero-order chi connectivity index (χ0) is 23.2. The van der Waals surface area contributed by atoms with Crippen LogP contribution in [0.3, 0.4) is 0 Å². The van der Waals surface area contributed by atoms with E-state index >= 15 is 0 Å². The maximum Gasteiger partial charge on any atom is 0.272 e. The highest BCUT2D eigenvalue weighted by atomic mass is 16.5. The number of amides is 1. The molecule has 33 heavy (non-hydrogen) atoms. The Labute approximate surface area is 197 Å². The Bertz CT molecular complexity index is 911. The monoisotopic (exact) mass is 456 g/mol. The zero-order valence-electron chi connectivity index (χ0n) is 20.6. The van der Waals surface area contributed by atoms with Crippen LogP contribution in [0.4, 0.5) is 0 Å². The summed E-state index contributed by atoms with van der Waals surface area (Å²) in [6.07, 6.45) is 8.08. The average Bonchev–Trinajstić information content (AvgIpc) is 3.18. The minimum atomic E-state index is -0.108. The highest BCUT2D eigenvalue weighted by Gasteiger charge is 2.24. The number of nitrogens with one attached hydrogen (secondary N) is 1. The van der Waals surface area contributed by atoms with Crippen LogP contribution in [0.1, 0.15) is 69.3 Å². The standard InChI is InChI=1S/C25H40N6O2/c1-4-20(5-2)33-22-10-9-21-23(28-29(3)24(21)27-22)25(32)26-19-11-15-31(16-12-19)18-17-30-13-7-6-8-14-30/h9-10,19-20H,4-8,11-18H2,1-3H3,(H,26,32). The first-order chi connectivity index (χ1) is 16.1. The molecule has 2 saturated heterocycles. The van der Waals surface area contributed by atoms with E-state index in [1.165, 1.54) is 38.9 Å². The van der Waals surface area contributed by atoms with Crippen molar-refractivity contribution >= 4 is 16.9 Å². The predicted octanol–water partition coefficient (Wildman–Crippen LogP) is 3.22. The van der Waals surface area contributed by atoms with E-state index in [0.717, 1.165) is 50.7 Å². The highest BCUT2D eigenvalue weighted by molar-refractivity contribution is 6.04. The largest absolute Gasteiger partial charge is 0.474 e. The van der Waals surface area contributed by atoms with E-state index in [-0.39, 0.29) is 18.1 Å². The molecule has 0 spiro atoms. The lowest BCUT2D eigenvalue weighted by Gasteiger charge is -2.34. The minimum Gasteiger partial charge on any atom is -0.474 e. The molecule has 2 aromatic heterocycles. The van der Waals surface area contributed by atoms with Gasteiger partial charge in [-0.15, -0.1) is 0 Å². The number of ether oxygens (including phenoxy) is 1. The first kappa shape index (κ1) is 24.0. The second-order valence-corrected chi connectivity index (χ2v) is 9.54. The number of carbonyl (C=O) groups is 1. The summed E-state index contributed by atoms with van der Waals surface area (Å²) in [4.78, 5) is 22.8.